The van der Waals surface area contributed by atoms with Crippen molar-refractivity contribution in [1.29, 1.82) is 0 Å². The van der Waals surface area contributed by atoms with Crippen LogP contribution in [0.5, 0.6) is 0 Å². The molecule has 0 radical (unpaired) electrons. The number of nitrogens with zero attached hydrogens (tertiary/aromatic N) is 2. The molecule has 51 heavy (non-hydrogen) atoms. The van der Waals surface area contributed by atoms with Crippen LogP contribution in [-0.4, -0.2) is 85.0 Å². The zero-order valence-electron chi connectivity index (χ0n) is 28.4. The Morgan fingerprint density at radius 3 is 2.00 bits per heavy atom. The Kier molecular flexibility index (Phi) is 11.1. The van der Waals surface area contributed by atoms with Gasteiger partial charge < -0.3 is 25.4 Å². The van der Waals surface area contributed by atoms with Gasteiger partial charge in [-0.3, -0.25) is 19.3 Å². The predicted octanol–water partition coefficient (Wildman–Crippen LogP) is 6.23. The summed E-state index contributed by atoms with van der Waals surface area (Å²) < 4.78 is 5.41. The van der Waals surface area contributed by atoms with Crippen molar-refractivity contribution in [3.8, 4) is 0 Å². The van der Waals surface area contributed by atoms with Crippen LogP contribution in [0.15, 0.2) is 109 Å². The average molecular weight is 685 g/mol. The van der Waals surface area contributed by atoms with E-state index in [2.05, 4.69) is 15.5 Å². The Hall–Kier alpha value is -5.84. The van der Waals surface area contributed by atoms with Gasteiger partial charge in [0.1, 0.15) is 0 Å². The van der Waals surface area contributed by atoms with E-state index >= 15 is 0 Å². The molecule has 260 valence electrons. The van der Waals surface area contributed by atoms with Crippen LogP contribution < -0.4 is 10.6 Å². The lowest BCUT2D eigenvalue weighted by Crippen LogP contribution is -2.41. The summed E-state index contributed by atoms with van der Waals surface area (Å²) in [6, 6.07) is 32.2. The maximum Gasteiger partial charge on any atom is 0.335 e. The van der Waals surface area contributed by atoms with Crippen LogP contribution in [0, 0.1) is 0 Å². The Labute approximate surface area is 296 Å². The van der Waals surface area contributed by atoms with Gasteiger partial charge >= 0.3 is 5.97 Å². The van der Waals surface area contributed by atoms with E-state index in [0.717, 1.165) is 54.4 Å². The number of rotatable bonds is 12. The molecule has 0 unspecified atom stereocenters. The molecular formula is C41H40N4O6. The monoisotopic (exact) mass is 684 g/mol. The van der Waals surface area contributed by atoms with E-state index in [1.165, 1.54) is 0 Å². The van der Waals surface area contributed by atoms with Gasteiger partial charge in [-0.2, -0.15) is 0 Å². The van der Waals surface area contributed by atoms with Crippen molar-refractivity contribution in [1.82, 2.24) is 9.80 Å². The molecule has 10 heteroatoms. The second-order valence-electron chi connectivity index (χ2n) is 12.6. The van der Waals surface area contributed by atoms with E-state index in [1.54, 1.807) is 60.5 Å². The van der Waals surface area contributed by atoms with Crippen LogP contribution in [-0.2, 0) is 17.6 Å². The first-order valence-electron chi connectivity index (χ1n) is 17.0. The number of benzene rings is 5. The minimum atomic E-state index is -0.949. The van der Waals surface area contributed by atoms with Crippen molar-refractivity contribution in [2.45, 2.75) is 12.8 Å². The van der Waals surface area contributed by atoms with Gasteiger partial charge in [0.25, 0.3) is 17.7 Å². The number of hydrogen-bond acceptors (Lipinski definition) is 6. The number of ether oxygens (including phenoxy) is 1. The Morgan fingerprint density at radius 1 is 0.706 bits per heavy atom. The number of carbonyl (C=O) groups is 4. The first kappa shape index (κ1) is 35.0. The first-order chi connectivity index (χ1) is 24.7. The van der Waals surface area contributed by atoms with E-state index in [-0.39, 0.29) is 17.4 Å². The summed E-state index contributed by atoms with van der Waals surface area (Å²) in [6.07, 6.45) is 1.49. The highest BCUT2D eigenvalue weighted by Crippen LogP contribution is 2.26. The van der Waals surface area contributed by atoms with Gasteiger partial charge in [0, 0.05) is 50.0 Å². The molecule has 6 rings (SSSR count). The summed E-state index contributed by atoms with van der Waals surface area (Å²) in [7, 11) is 1.76. The Bertz CT molecular complexity index is 2040. The number of hydrogen-bond donors (Lipinski definition) is 3. The van der Waals surface area contributed by atoms with Crippen LogP contribution in [0.4, 0.5) is 11.4 Å². The number of carbonyl (C=O) groups excluding carboxylic acids is 3. The number of anilines is 2. The molecule has 5 aromatic rings. The van der Waals surface area contributed by atoms with E-state index in [9.17, 15) is 19.2 Å². The number of aromatic carboxylic acids is 1. The van der Waals surface area contributed by atoms with Crippen molar-refractivity contribution < 1.29 is 29.0 Å². The smallest absolute Gasteiger partial charge is 0.335 e. The minimum absolute atomic E-state index is 0.177. The van der Waals surface area contributed by atoms with Crippen molar-refractivity contribution in [2.24, 2.45) is 0 Å². The maximum absolute atomic E-state index is 13.7. The molecule has 1 heterocycles. The molecule has 1 saturated heterocycles. The number of likely N-dealkylation sites (N-methyl/N-ethyl adjacent to an activating group) is 1. The Morgan fingerprint density at radius 2 is 1.33 bits per heavy atom. The second-order valence-corrected chi connectivity index (χ2v) is 12.6. The van der Waals surface area contributed by atoms with Crippen molar-refractivity contribution in [2.75, 3.05) is 57.1 Å². The van der Waals surface area contributed by atoms with E-state index in [1.807, 2.05) is 60.7 Å². The molecule has 0 bridgehead atoms. The molecule has 10 nitrogen and oxygen atoms in total. The fraction of sp³-hybridized carbons (Fsp3) is 0.220. The molecule has 0 atom stereocenters. The maximum atomic E-state index is 13.7. The SMILES string of the molecule is CN(CCN1CCOCC1)C(=O)c1cccc(C(=O)Nc2cc3ccccc3cc2C(=O)Nc2ccc(CCc3ccc(C(=O)O)cc3)cc2)c1. The van der Waals surface area contributed by atoms with Gasteiger partial charge in [-0.25, -0.2) is 4.79 Å². The quantitative estimate of drug-likeness (QED) is 0.142. The molecule has 0 spiro atoms. The van der Waals surface area contributed by atoms with Crippen LogP contribution in [0.2, 0.25) is 0 Å². The average Bonchev–Trinajstić information content (AvgIpc) is 3.16. The van der Waals surface area contributed by atoms with Gasteiger partial charge in [0.2, 0.25) is 0 Å². The van der Waals surface area contributed by atoms with Gasteiger partial charge in [-0.05, 0) is 89.3 Å². The number of carboxylic acid groups (broad SMARTS) is 1. The van der Waals surface area contributed by atoms with E-state index in [0.29, 0.717) is 47.8 Å². The molecule has 3 amide bonds. The number of aryl methyl sites for hydroxylation is 2. The van der Waals surface area contributed by atoms with Crippen LogP contribution in [0.3, 0.4) is 0 Å². The highest BCUT2D eigenvalue weighted by atomic mass is 16.5. The normalized spacial score (nSPS) is 13.0. The second kappa shape index (κ2) is 16.2. The third-order valence-electron chi connectivity index (χ3n) is 9.07. The summed E-state index contributed by atoms with van der Waals surface area (Å²) in [6.45, 7) is 4.37. The number of fused-ring (bicyclic) bond motifs is 1. The molecule has 3 N–H and O–H groups in total. The lowest BCUT2D eigenvalue weighted by Gasteiger charge is -2.28. The van der Waals surface area contributed by atoms with E-state index in [4.69, 9.17) is 9.84 Å². The highest BCUT2D eigenvalue weighted by molar-refractivity contribution is 6.15. The van der Waals surface area contributed by atoms with E-state index < -0.39 is 11.9 Å². The third kappa shape index (κ3) is 9.04. The standard InChI is InChI=1S/C41H40N4O6/c1-44(19-20-45-21-23-51-24-22-45)40(48)34-8-4-7-33(25-34)38(46)43-37-27-32-6-3-2-5-31(32)26-36(37)39(47)42-35-17-13-29(14-18-35)10-9-28-11-15-30(16-12-28)41(49)50/h2-8,11-18,25-27H,9-10,19-24H2,1H3,(H,42,47)(H,43,46)(H,49,50). The molecule has 5 aromatic carbocycles. The first-order valence-corrected chi connectivity index (χ1v) is 17.0. The predicted molar refractivity (Wildman–Crippen MR) is 198 cm³/mol. The van der Waals surface area contributed by atoms with Crippen LogP contribution in [0.25, 0.3) is 10.8 Å². The fourth-order valence-electron chi connectivity index (χ4n) is 6.01. The summed E-state index contributed by atoms with van der Waals surface area (Å²) in [5.74, 6) is -1.95. The lowest BCUT2D eigenvalue weighted by molar-refractivity contribution is 0.0338. The number of carboxylic acids is 1. The molecule has 1 fully saturated rings. The summed E-state index contributed by atoms with van der Waals surface area (Å²) in [5.41, 5.74) is 4.31. The van der Waals surface area contributed by atoms with Gasteiger partial charge in [-0.1, -0.05) is 54.6 Å². The number of nitrogens with one attached hydrogen (secondary N) is 2. The summed E-state index contributed by atoms with van der Waals surface area (Å²) in [4.78, 5) is 55.6. The lowest BCUT2D eigenvalue weighted by atomic mass is 10.0. The largest absolute Gasteiger partial charge is 0.478 e. The highest BCUT2D eigenvalue weighted by Gasteiger charge is 2.19. The molecule has 1 aliphatic rings. The van der Waals surface area contributed by atoms with Gasteiger partial charge in [0.05, 0.1) is 30.0 Å². The fourth-order valence-corrected chi connectivity index (χ4v) is 6.01. The molecule has 0 aliphatic carbocycles. The molecular weight excluding hydrogens is 644 g/mol. The Balaban J connectivity index is 1.13. The number of morpholine rings is 1. The third-order valence-corrected chi connectivity index (χ3v) is 9.07. The van der Waals surface area contributed by atoms with Crippen LogP contribution >= 0.6 is 0 Å². The zero-order valence-corrected chi connectivity index (χ0v) is 28.4. The minimum Gasteiger partial charge on any atom is -0.478 e. The summed E-state index contributed by atoms with van der Waals surface area (Å²) >= 11 is 0. The molecule has 1 aliphatic heterocycles. The molecule has 0 saturated carbocycles. The van der Waals surface area contributed by atoms with Crippen LogP contribution in [0.1, 0.15) is 52.6 Å². The van der Waals surface area contributed by atoms with Crippen molar-refractivity contribution in [3.05, 3.63) is 143 Å². The summed E-state index contributed by atoms with van der Waals surface area (Å²) in [5, 5.41) is 16.7. The van der Waals surface area contributed by atoms with Crippen molar-refractivity contribution in [3.63, 3.8) is 0 Å². The molecule has 0 aromatic heterocycles. The van der Waals surface area contributed by atoms with Gasteiger partial charge in [-0.15, -0.1) is 0 Å². The van der Waals surface area contributed by atoms with Crippen molar-refractivity contribution >= 4 is 45.8 Å². The van der Waals surface area contributed by atoms with Gasteiger partial charge in [0.15, 0.2) is 0 Å². The zero-order chi connectivity index (χ0) is 35.7. The number of amides is 3. The topological polar surface area (TPSA) is 128 Å².